The molecule has 3 nitrogen and oxygen atoms in total. The van der Waals surface area contributed by atoms with Gasteiger partial charge in [0, 0.05) is 35.9 Å². The first-order chi connectivity index (χ1) is 9.51. The second-order valence-corrected chi connectivity index (χ2v) is 5.73. The van der Waals surface area contributed by atoms with Crippen LogP contribution in [0.5, 0.6) is 0 Å². The number of halogens is 1. The SMILES string of the molecule is CCn1cc(-c2ccc(Cl)c(CNC(C)C)c2)c(C)n1. The van der Waals surface area contributed by atoms with Gasteiger partial charge >= 0.3 is 0 Å². The highest BCUT2D eigenvalue weighted by Gasteiger charge is 2.09. The summed E-state index contributed by atoms with van der Waals surface area (Å²) in [5, 5.41) is 8.71. The highest BCUT2D eigenvalue weighted by atomic mass is 35.5. The van der Waals surface area contributed by atoms with Crippen LogP contribution in [0.15, 0.2) is 24.4 Å². The van der Waals surface area contributed by atoms with Crippen molar-refractivity contribution in [3.05, 3.63) is 40.7 Å². The fourth-order valence-corrected chi connectivity index (χ4v) is 2.34. The van der Waals surface area contributed by atoms with Crippen molar-refractivity contribution in [1.29, 1.82) is 0 Å². The van der Waals surface area contributed by atoms with E-state index in [2.05, 4.69) is 49.5 Å². The van der Waals surface area contributed by atoms with Gasteiger partial charge in [-0.3, -0.25) is 4.68 Å². The van der Waals surface area contributed by atoms with Crippen molar-refractivity contribution in [1.82, 2.24) is 15.1 Å². The summed E-state index contributed by atoms with van der Waals surface area (Å²) in [5.41, 5.74) is 4.53. The molecule has 1 aromatic heterocycles. The number of nitrogens with zero attached hydrogens (tertiary/aromatic N) is 2. The van der Waals surface area contributed by atoms with Crippen molar-refractivity contribution in [3.63, 3.8) is 0 Å². The molecule has 0 saturated carbocycles. The summed E-state index contributed by atoms with van der Waals surface area (Å²) < 4.78 is 1.96. The minimum atomic E-state index is 0.444. The van der Waals surface area contributed by atoms with E-state index >= 15 is 0 Å². The third kappa shape index (κ3) is 3.41. The molecule has 1 N–H and O–H groups in total. The van der Waals surface area contributed by atoms with Crippen LogP contribution in [-0.4, -0.2) is 15.8 Å². The number of aromatic nitrogens is 2. The zero-order valence-corrected chi connectivity index (χ0v) is 13.3. The van der Waals surface area contributed by atoms with Crippen molar-refractivity contribution in [3.8, 4) is 11.1 Å². The maximum Gasteiger partial charge on any atom is 0.0672 e. The Hall–Kier alpha value is -1.32. The quantitative estimate of drug-likeness (QED) is 0.901. The number of nitrogens with one attached hydrogen (secondary N) is 1. The van der Waals surface area contributed by atoms with Gasteiger partial charge in [0.05, 0.1) is 5.69 Å². The molecule has 0 spiro atoms. The summed E-state index contributed by atoms with van der Waals surface area (Å²) in [5.74, 6) is 0. The normalized spacial score (nSPS) is 11.3. The van der Waals surface area contributed by atoms with E-state index in [1.165, 1.54) is 11.1 Å². The first kappa shape index (κ1) is 15.1. The zero-order chi connectivity index (χ0) is 14.7. The number of hydrogen-bond acceptors (Lipinski definition) is 2. The molecule has 0 fully saturated rings. The van der Waals surface area contributed by atoms with E-state index in [4.69, 9.17) is 11.6 Å². The summed E-state index contributed by atoms with van der Waals surface area (Å²) in [6, 6.07) is 6.63. The topological polar surface area (TPSA) is 29.9 Å². The molecule has 0 amide bonds. The summed E-state index contributed by atoms with van der Waals surface area (Å²) >= 11 is 6.28. The Labute approximate surface area is 126 Å². The molecule has 0 aliphatic carbocycles. The average Bonchev–Trinajstić information content (AvgIpc) is 2.79. The Morgan fingerprint density at radius 1 is 1.35 bits per heavy atom. The highest BCUT2D eigenvalue weighted by molar-refractivity contribution is 6.31. The molecule has 1 heterocycles. The largest absolute Gasteiger partial charge is 0.310 e. The van der Waals surface area contributed by atoms with Crippen LogP contribution in [0.3, 0.4) is 0 Å². The molecule has 0 saturated heterocycles. The van der Waals surface area contributed by atoms with Gasteiger partial charge in [-0.25, -0.2) is 0 Å². The Morgan fingerprint density at radius 2 is 2.10 bits per heavy atom. The molecular formula is C16H22ClN3. The molecular weight excluding hydrogens is 270 g/mol. The highest BCUT2D eigenvalue weighted by Crippen LogP contribution is 2.27. The van der Waals surface area contributed by atoms with Gasteiger partial charge in [0.1, 0.15) is 0 Å². The molecule has 2 aromatic rings. The average molecular weight is 292 g/mol. The molecule has 2 rings (SSSR count). The summed E-state index contributed by atoms with van der Waals surface area (Å²) in [7, 11) is 0. The number of rotatable bonds is 5. The minimum absolute atomic E-state index is 0.444. The van der Waals surface area contributed by atoms with E-state index < -0.39 is 0 Å². The summed E-state index contributed by atoms with van der Waals surface area (Å²) in [6.07, 6.45) is 2.10. The van der Waals surface area contributed by atoms with Crippen molar-refractivity contribution in [2.45, 2.75) is 46.8 Å². The Kier molecular flexibility index (Phi) is 4.84. The molecule has 1 aromatic carbocycles. The zero-order valence-electron chi connectivity index (χ0n) is 12.6. The van der Waals surface area contributed by atoms with Crippen LogP contribution in [0.2, 0.25) is 5.02 Å². The van der Waals surface area contributed by atoms with Crippen LogP contribution < -0.4 is 5.32 Å². The maximum absolute atomic E-state index is 6.28. The van der Waals surface area contributed by atoms with Gasteiger partial charge in [-0.15, -0.1) is 0 Å². The lowest BCUT2D eigenvalue weighted by Gasteiger charge is -2.11. The standard InChI is InChI=1S/C16H22ClN3/c1-5-20-10-15(12(4)19-20)13-6-7-16(17)14(8-13)9-18-11(2)3/h6-8,10-11,18H,5,9H2,1-4H3. The van der Waals surface area contributed by atoms with Gasteiger partial charge in [-0.2, -0.15) is 5.10 Å². The molecule has 0 bridgehead atoms. The lowest BCUT2D eigenvalue weighted by atomic mass is 10.0. The van der Waals surface area contributed by atoms with E-state index in [9.17, 15) is 0 Å². The number of aryl methyl sites for hydroxylation is 2. The molecule has 108 valence electrons. The Balaban J connectivity index is 2.32. The first-order valence-corrected chi connectivity index (χ1v) is 7.45. The summed E-state index contributed by atoms with van der Waals surface area (Å²) in [6.45, 7) is 10.1. The minimum Gasteiger partial charge on any atom is -0.310 e. The predicted molar refractivity (Wildman–Crippen MR) is 85.1 cm³/mol. The van der Waals surface area contributed by atoms with E-state index in [-0.39, 0.29) is 0 Å². The molecule has 20 heavy (non-hydrogen) atoms. The number of hydrogen-bond donors (Lipinski definition) is 1. The third-order valence-corrected chi connectivity index (χ3v) is 3.70. The predicted octanol–water partition coefficient (Wildman–Crippen LogP) is 4.03. The first-order valence-electron chi connectivity index (χ1n) is 7.07. The fourth-order valence-electron chi connectivity index (χ4n) is 2.16. The second-order valence-electron chi connectivity index (χ2n) is 5.33. The van der Waals surface area contributed by atoms with E-state index in [0.717, 1.165) is 29.4 Å². The van der Waals surface area contributed by atoms with Crippen molar-refractivity contribution in [2.75, 3.05) is 0 Å². The fraction of sp³-hybridized carbons (Fsp3) is 0.438. The van der Waals surface area contributed by atoms with Crippen molar-refractivity contribution >= 4 is 11.6 Å². The summed E-state index contributed by atoms with van der Waals surface area (Å²) in [4.78, 5) is 0. The van der Waals surface area contributed by atoms with Crippen molar-refractivity contribution in [2.24, 2.45) is 0 Å². The van der Waals surface area contributed by atoms with E-state index in [1.54, 1.807) is 0 Å². The maximum atomic E-state index is 6.28. The van der Waals surface area contributed by atoms with E-state index in [0.29, 0.717) is 6.04 Å². The van der Waals surface area contributed by atoms with Crippen LogP contribution >= 0.6 is 11.6 Å². The van der Waals surface area contributed by atoms with Gasteiger partial charge in [0.15, 0.2) is 0 Å². The van der Waals surface area contributed by atoms with Gasteiger partial charge in [0.25, 0.3) is 0 Å². The number of benzene rings is 1. The lowest BCUT2D eigenvalue weighted by Crippen LogP contribution is -2.21. The van der Waals surface area contributed by atoms with Gasteiger partial charge in [0.2, 0.25) is 0 Å². The van der Waals surface area contributed by atoms with Crippen LogP contribution in [0.1, 0.15) is 32.0 Å². The van der Waals surface area contributed by atoms with Gasteiger partial charge in [-0.1, -0.05) is 31.5 Å². The monoisotopic (exact) mass is 291 g/mol. The smallest absolute Gasteiger partial charge is 0.0672 e. The molecule has 0 unspecified atom stereocenters. The van der Waals surface area contributed by atoms with Crippen LogP contribution in [0.25, 0.3) is 11.1 Å². The van der Waals surface area contributed by atoms with Crippen LogP contribution in [0.4, 0.5) is 0 Å². The van der Waals surface area contributed by atoms with Crippen molar-refractivity contribution < 1.29 is 0 Å². The Morgan fingerprint density at radius 3 is 2.70 bits per heavy atom. The molecule has 0 atom stereocenters. The second kappa shape index (κ2) is 6.42. The van der Waals surface area contributed by atoms with Crippen LogP contribution in [0, 0.1) is 6.92 Å². The van der Waals surface area contributed by atoms with Crippen LogP contribution in [-0.2, 0) is 13.1 Å². The van der Waals surface area contributed by atoms with Gasteiger partial charge in [-0.05, 0) is 37.1 Å². The molecule has 0 aliphatic heterocycles. The van der Waals surface area contributed by atoms with E-state index in [1.807, 2.05) is 17.7 Å². The molecule has 0 radical (unpaired) electrons. The Bertz CT molecular complexity index is 587. The third-order valence-electron chi connectivity index (χ3n) is 3.33. The lowest BCUT2D eigenvalue weighted by molar-refractivity contribution is 0.589. The van der Waals surface area contributed by atoms with Gasteiger partial charge < -0.3 is 5.32 Å². The molecule has 0 aliphatic rings. The molecule has 4 heteroatoms.